The highest BCUT2D eigenvalue weighted by atomic mass is 16.5. The molecule has 2 fully saturated rings. The van der Waals surface area contributed by atoms with Gasteiger partial charge < -0.3 is 9.64 Å². The number of nitrogens with zero attached hydrogens (tertiary/aromatic N) is 2. The first-order chi connectivity index (χ1) is 11.7. The third-order valence-electron chi connectivity index (χ3n) is 5.24. The van der Waals surface area contributed by atoms with Gasteiger partial charge in [-0.15, -0.1) is 0 Å². The summed E-state index contributed by atoms with van der Waals surface area (Å²) in [5.41, 5.74) is 3.24. The van der Waals surface area contributed by atoms with Gasteiger partial charge in [-0.3, -0.25) is 4.90 Å². The molecule has 1 heterocycles. The van der Waals surface area contributed by atoms with Crippen molar-refractivity contribution in [2.24, 2.45) is 0 Å². The van der Waals surface area contributed by atoms with Crippen LogP contribution in [0.15, 0.2) is 36.4 Å². The Labute approximate surface area is 145 Å². The van der Waals surface area contributed by atoms with Gasteiger partial charge in [-0.2, -0.15) is 0 Å². The summed E-state index contributed by atoms with van der Waals surface area (Å²) < 4.78 is 5.04. The molecule has 1 aliphatic carbocycles. The standard InChI is InChI=1S/C20H28N2O2/c1-3-24-20(23)17-6-10-19(11-7-17)22-14-12-21(13-15-22)18-8-4-16(2)5-9-18/h6-7,10-11,18H,2-5,8-9,12-15H2,1H3. The van der Waals surface area contributed by atoms with Crippen molar-refractivity contribution < 1.29 is 9.53 Å². The lowest BCUT2D eigenvalue weighted by atomic mass is 9.90. The molecule has 24 heavy (non-hydrogen) atoms. The van der Waals surface area contributed by atoms with Crippen LogP contribution in [0.25, 0.3) is 0 Å². The van der Waals surface area contributed by atoms with Gasteiger partial charge >= 0.3 is 5.97 Å². The summed E-state index contributed by atoms with van der Waals surface area (Å²) in [5, 5.41) is 0. The zero-order valence-electron chi connectivity index (χ0n) is 14.7. The van der Waals surface area contributed by atoms with Crippen LogP contribution in [-0.2, 0) is 4.74 Å². The molecule has 3 rings (SSSR count). The van der Waals surface area contributed by atoms with E-state index in [0.29, 0.717) is 12.2 Å². The highest BCUT2D eigenvalue weighted by Crippen LogP contribution is 2.27. The summed E-state index contributed by atoms with van der Waals surface area (Å²) in [6.07, 6.45) is 4.93. The Morgan fingerprint density at radius 1 is 1.12 bits per heavy atom. The zero-order valence-corrected chi connectivity index (χ0v) is 14.7. The monoisotopic (exact) mass is 328 g/mol. The van der Waals surface area contributed by atoms with E-state index in [9.17, 15) is 4.79 Å². The first-order valence-electron chi connectivity index (χ1n) is 9.10. The molecule has 0 N–H and O–H groups in total. The average Bonchev–Trinajstić information content (AvgIpc) is 2.63. The Morgan fingerprint density at radius 2 is 1.75 bits per heavy atom. The van der Waals surface area contributed by atoms with Crippen molar-refractivity contribution in [3.63, 3.8) is 0 Å². The van der Waals surface area contributed by atoms with Gasteiger partial charge in [0.2, 0.25) is 0 Å². The van der Waals surface area contributed by atoms with Crippen LogP contribution in [0.3, 0.4) is 0 Å². The number of anilines is 1. The number of piperazine rings is 1. The van der Waals surface area contributed by atoms with E-state index in [0.717, 1.165) is 32.2 Å². The minimum atomic E-state index is -0.243. The predicted molar refractivity (Wildman–Crippen MR) is 97.6 cm³/mol. The fraction of sp³-hybridized carbons (Fsp3) is 0.550. The number of hydrogen-bond acceptors (Lipinski definition) is 4. The Morgan fingerprint density at radius 3 is 2.33 bits per heavy atom. The zero-order chi connectivity index (χ0) is 16.9. The van der Waals surface area contributed by atoms with Crippen molar-refractivity contribution >= 4 is 11.7 Å². The molecular weight excluding hydrogens is 300 g/mol. The topological polar surface area (TPSA) is 32.8 Å². The molecule has 0 spiro atoms. The molecule has 0 unspecified atom stereocenters. The van der Waals surface area contributed by atoms with Crippen LogP contribution in [0.2, 0.25) is 0 Å². The number of ether oxygens (including phenoxy) is 1. The lowest BCUT2D eigenvalue weighted by Gasteiger charge is -2.41. The lowest BCUT2D eigenvalue weighted by Crippen LogP contribution is -2.50. The second kappa shape index (κ2) is 7.84. The minimum absolute atomic E-state index is 0.243. The SMILES string of the molecule is C=C1CCC(N2CCN(c3ccc(C(=O)OCC)cc3)CC2)CC1. The van der Waals surface area contributed by atoms with E-state index in [1.807, 2.05) is 31.2 Å². The quantitative estimate of drug-likeness (QED) is 0.626. The number of benzene rings is 1. The van der Waals surface area contributed by atoms with Gasteiger partial charge in [0.1, 0.15) is 0 Å². The van der Waals surface area contributed by atoms with E-state index in [1.54, 1.807) is 0 Å². The molecule has 1 saturated carbocycles. The lowest BCUT2D eigenvalue weighted by molar-refractivity contribution is 0.0526. The Bertz CT molecular complexity index is 564. The number of carbonyl (C=O) groups is 1. The van der Waals surface area contributed by atoms with Crippen molar-refractivity contribution in [2.45, 2.75) is 38.6 Å². The van der Waals surface area contributed by atoms with E-state index < -0.39 is 0 Å². The predicted octanol–water partition coefficient (Wildman–Crippen LogP) is 3.48. The van der Waals surface area contributed by atoms with Crippen molar-refractivity contribution in [1.82, 2.24) is 4.90 Å². The highest BCUT2D eigenvalue weighted by Gasteiger charge is 2.26. The van der Waals surface area contributed by atoms with E-state index in [1.165, 1.54) is 36.9 Å². The molecule has 1 aromatic rings. The van der Waals surface area contributed by atoms with Crippen LogP contribution in [0.1, 0.15) is 43.0 Å². The minimum Gasteiger partial charge on any atom is -0.462 e. The van der Waals surface area contributed by atoms with Crippen LogP contribution < -0.4 is 4.90 Å². The maximum absolute atomic E-state index is 11.7. The molecule has 1 aromatic carbocycles. The second-order valence-corrected chi connectivity index (χ2v) is 6.77. The summed E-state index contributed by atoms with van der Waals surface area (Å²) in [6.45, 7) is 10.7. The molecule has 0 atom stereocenters. The number of rotatable bonds is 4. The van der Waals surface area contributed by atoms with Gasteiger partial charge in [0, 0.05) is 37.9 Å². The van der Waals surface area contributed by atoms with Crippen LogP contribution in [0, 0.1) is 0 Å². The average molecular weight is 328 g/mol. The normalized spacial score (nSPS) is 20.2. The van der Waals surface area contributed by atoms with E-state index in [-0.39, 0.29) is 5.97 Å². The van der Waals surface area contributed by atoms with E-state index in [4.69, 9.17) is 4.74 Å². The largest absolute Gasteiger partial charge is 0.462 e. The smallest absolute Gasteiger partial charge is 0.338 e. The molecule has 0 radical (unpaired) electrons. The molecular formula is C20H28N2O2. The van der Waals surface area contributed by atoms with E-state index in [2.05, 4.69) is 16.4 Å². The maximum atomic E-state index is 11.7. The van der Waals surface area contributed by atoms with E-state index >= 15 is 0 Å². The van der Waals surface area contributed by atoms with Gasteiger partial charge in [0.15, 0.2) is 0 Å². The highest BCUT2D eigenvalue weighted by molar-refractivity contribution is 5.89. The van der Waals surface area contributed by atoms with Gasteiger partial charge in [0.05, 0.1) is 12.2 Å². The summed E-state index contributed by atoms with van der Waals surface area (Å²) in [7, 11) is 0. The first kappa shape index (κ1) is 17.0. The molecule has 1 saturated heterocycles. The summed E-state index contributed by atoms with van der Waals surface area (Å²) in [4.78, 5) is 16.8. The Hall–Kier alpha value is -1.81. The van der Waals surface area contributed by atoms with Crippen LogP contribution in [-0.4, -0.2) is 49.7 Å². The molecule has 0 aromatic heterocycles. The van der Waals surface area contributed by atoms with Crippen molar-refractivity contribution in [3.05, 3.63) is 42.0 Å². The van der Waals surface area contributed by atoms with Crippen LogP contribution >= 0.6 is 0 Å². The van der Waals surface area contributed by atoms with Gasteiger partial charge in [-0.25, -0.2) is 4.79 Å². The molecule has 4 nitrogen and oxygen atoms in total. The van der Waals surface area contributed by atoms with Crippen molar-refractivity contribution in [2.75, 3.05) is 37.7 Å². The fourth-order valence-electron chi connectivity index (χ4n) is 3.74. The van der Waals surface area contributed by atoms with Gasteiger partial charge in [-0.1, -0.05) is 12.2 Å². The molecule has 4 heteroatoms. The third-order valence-corrected chi connectivity index (χ3v) is 5.24. The summed E-state index contributed by atoms with van der Waals surface area (Å²) >= 11 is 0. The molecule has 130 valence electrons. The fourth-order valence-corrected chi connectivity index (χ4v) is 3.74. The number of allylic oxidation sites excluding steroid dienone is 1. The van der Waals surface area contributed by atoms with Gasteiger partial charge in [0.25, 0.3) is 0 Å². The second-order valence-electron chi connectivity index (χ2n) is 6.77. The summed E-state index contributed by atoms with van der Waals surface area (Å²) in [6, 6.07) is 8.54. The first-order valence-corrected chi connectivity index (χ1v) is 9.10. The molecule has 0 amide bonds. The van der Waals surface area contributed by atoms with Crippen LogP contribution in [0.4, 0.5) is 5.69 Å². The van der Waals surface area contributed by atoms with Crippen LogP contribution in [0.5, 0.6) is 0 Å². The maximum Gasteiger partial charge on any atom is 0.338 e. The van der Waals surface area contributed by atoms with Crippen molar-refractivity contribution in [3.8, 4) is 0 Å². The molecule has 1 aliphatic heterocycles. The number of carbonyl (C=O) groups excluding carboxylic acids is 1. The molecule has 0 bridgehead atoms. The summed E-state index contributed by atoms with van der Waals surface area (Å²) in [5.74, 6) is -0.243. The Kier molecular flexibility index (Phi) is 5.56. The number of hydrogen-bond donors (Lipinski definition) is 0. The van der Waals surface area contributed by atoms with Crippen molar-refractivity contribution in [1.29, 1.82) is 0 Å². The third kappa shape index (κ3) is 3.99. The number of esters is 1. The molecule has 2 aliphatic rings. The Balaban J connectivity index is 1.53. The van der Waals surface area contributed by atoms with Gasteiger partial charge in [-0.05, 0) is 56.9 Å².